The van der Waals surface area contributed by atoms with Gasteiger partial charge in [-0.1, -0.05) is 227 Å². The van der Waals surface area contributed by atoms with Crippen LogP contribution < -0.4 is 0 Å². The van der Waals surface area contributed by atoms with Crippen molar-refractivity contribution in [3.63, 3.8) is 0 Å². The number of rotatable bonds is 51. The van der Waals surface area contributed by atoms with E-state index in [0.29, 0.717) is 19.3 Å². The third-order valence-electron chi connectivity index (χ3n) is 12.0. The molecule has 0 radical (unpaired) electrons. The highest BCUT2D eigenvalue weighted by Gasteiger charge is 2.19. The highest BCUT2D eigenvalue weighted by Crippen LogP contribution is 2.14. The van der Waals surface area contributed by atoms with Gasteiger partial charge in [-0.05, 0) is 116 Å². The molecular formula is C63H106O6. The highest BCUT2D eigenvalue weighted by atomic mass is 16.6. The summed E-state index contributed by atoms with van der Waals surface area (Å²) in [4.78, 5) is 38.1. The second-order valence-corrected chi connectivity index (χ2v) is 18.8. The molecule has 1 atom stereocenters. The van der Waals surface area contributed by atoms with E-state index in [9.17, 15) is 14.4 Å². The van der Waals surface area contributed by atoms with Gasteiger partial charge in [-0.2, -0.15) is 0 Å². The first-order valence-electron chi connectivity index (χ1n) is 28.7. The Labute approximate surface area is 426 Å². The van der Waals surface area contributed by atoms with Crippen molar-refractivity contribution in [2.24, 2.45) is 0 Å². The molecular weight excluding hydrogens is 853 g/mol. The van der Waals surface area contributed by atoms with Crippen LogP contribution in [0.3, 0.4) is 0 Å². The Kier molecular flexibility index (Phi) is 53.9. The van der Waals surface area contributed by atoms with Crippen molar-refractivity contribution in [1.82, 2.24) is 0 Å². The first-order chi connectivity index (χ1) is 34.0. The minimum atomic E-state index is -0.821. The third kappa shape index (κ3) is 55.1. The van der Waals surface area contributed by atoms with Gasteiger partial charge in [0.1, 0.15) is 13.2 Å². The van der Waals surface area contributed by atoms with Gasteiger partial charge in [0.2, 0.25) is 0 Å². The average molecular weight is 960 g/mol. The van der Waals surface area contributed by atoms with Crippen molar-refractivity contribution in [2.45, 2.75) is 271 Å². The summed E-state index contributed by atoms with van der Waals surface area (Å²) in [5.74, 6) is -1.01. The van der Waals surface area contributed by atoms with Crippen LogP contribution >= 0.6 is 0 Å². The van der Waals surface area contributed by atoms with E-state index >= 15 is 0 Å². The van der Waals surface area contributed by atoms with E-state index in [1.807, 2.05) is 0 Å². The molecule has 0 amide bonds. The molecule has 69 heavy (non-hydrogen) atoms. The van der Waals surface area contributed by atoms with Gasteiger partial charge < -0.3 is 14.2 Å². The van der Waals surface area contributed by atoms with Crippen LogP contribution in [0.4, 0.5) is 0 Å². The molecule has 0 aromatic carbocycles. The van der Waals surface area contributed by atoms with Crippen molar-refractivity contribution < 1.29 is 28.6 Å². The summed E-state index contributed by atoms with van der Waals surface area (Å²) < 4.78 is 16.8. The van der Waals surface area contributed by atoms with E-state index in [-0.39, 0.29) is 44.0 Å². The quantitative estimate of drug-likeness (QED) is 0.0262. The maximum atomic E-state index is 12.8. The lowest BCUT2D eigenvalue weighted by Crippen LogP contribution is -2.30. The summed E-state index contributed by atoms with van der Waals surface area (Å²) >= 11 is 0. The van der Waals surface area contributed by atoms with E-state index < -0.39 is 6.10 Å². The lowest BCUT2D eigenvalue weighted by molar-refractivity contribution is -0.167. The summed E-state index contributed by atoms with van der Waals surface area (Å²) in [6.07, 6.45) is 75.5. The summed E-state index contributed by atoms with van der Waals surface area (Å²) in [6, 6.07) is 0. The molecule has 0 saturated heterocycles. The van der Waals surface area contributed by atoms with Gasteiger partial charge in [0.25, 0.3) is 0 Å². The standard InChI is InChI=1S/C63H106O6/c1-4-7-10-13-16-19-22-25-28-30-31-33-36-38-41-44-47-50-53-56-62(65)68-59-60(69-63(66)57-54-51-48-45-42-39-34-27-24-21-18-15-12-9-6-3)58-67-61(64)55-52-49-46-43-40-37-35-32-29-26-23-20-17-14-11-8-5-2/h9,12,18,21,25-29,34-35,37,42-43,45-46,60H,4-8,10-11,13-17,19-20,22-24,30-33,36,38-41,44,47-59H2,1-3H3/b12-9-,21-18-,28-25-,29-26-,34-27-,37-35-,45-42-,46-43-/t60-/m0/s1. The fourth-order valence-corrected chi connectivity index (χ4v) is 7.74. The van der Waals surface area contributed by atoms with Crippen LogP contribution in [-0.2, 0) is 28.6 Å². The Bertz CT molecular complexity index is 1380. The largest absolute Gasteiger partial charge is 0.462 e. The Morgan fingerprint density at radius 3 is 0.986 bits per heavy atom. The van der Waals surface area contributed by atoms with Crippen molar-refractivity contribution >= 4 is 17.9 Å². The molecule has 0 saturated carbocycles. The molecule has 0 fully saturated rings. The van der Waals surface area contributed by atoms with Crippen LogP contribution in [0.1, 0.15) is 265 Å². The Balaban J connectivity index is 4.49. The van der Waals surface area contributed by atoms with E-state index in [1.54, 1.807) is 0 Å². The summed E-state index contributed by atoms with van der Waals surface area (Å²) in [5.41, 5.74) is 0. The van der Waals surface area contributed by atoms with Crippen LogP contribution in [0, 0.1) is 0 Å². The molecule has 0 aromatic rings. The molecule has 0 bridgehead atoms. The molecule has 0 aromatic heterocycles. The normalized spacial score (nSPS) is 12.8. The third-order valence-corrected chi connectivity index (χ3v) is 12.0. The smallest absolute Gasteiger partial charge is 0.306 e. The van der Waals surface area contributed by atoms with E-state index in [1.165, 1.54) is 135 Å². The van der Waals surface area contributed by atoms with Crippen LogP contribution in [0.25, 0.3) is 0 Å². The van der Waals surface area contributed by atoms with Gasteiger partial charge in [0, 0.05) is 19.3 Å². The molecule has 0 rings (SSSR count). The first-order valence-corrected chi connectivity index (χ1v) is 28.7. The monoisotopic (exact) mass is 959 g/mol. The molecule has 6 heteroatoms. The van der Waals surface area contributed by atoms with E-state index in [0.717, 1.165) is 77.0 Å². The molecule has 0 aliphatic rings. The lowest BCUT2D eigenvalue weighted by atomic mass is 10.1. The van der Waals surface area contributed by atoms with Crippen molar-refractivity contribution in [1.29, 1.82) is 0 Å². The fourth-order valence-electron chi connectivity index (χ4n) is 7.74. The molecule has 0 aliphatic carbocycles. The lowest BCUT2D eigenvalue weighted by Gasteiger charge is -2.18. The summed E-state index contributed by atoms with van der Waals surface area (Å²) in [7, 11) is 0. The van der Waals surface area contributed by atoms with Gasteiger partial charge in [0.05, 0.1) is 0 Å². The number of hydrogen-bond donors (Lipinski definition) is 0. The van der Waals surface area contributed by atoms with Gasteiger partial charge >= 0.3 is 17.9 Å². The Morgan fingerprint density at radius 1 is 0.304 bits per heavy atom. The van der Waals surface area contributed by atoms with Gasteiger partial charge in [0.15, 0.2) is 6.10 Å². The van der Waals surface area contributed by atoms with Crippen molar-refractivity contribution in [3.8, 4) is 0 Å². The second-order valence-electron chi connectivity index (χ2n) is 18.8. The van der Waals surface area contributed by atoms with Crippen LogP contribution in [-0.4, -0.2) is 37.2 Å². The zero-order valence-corrected chi connectivity index (χ0v) is 45.0. The molecule has 0 unspecified atom stereocenters. The maximum absolute atomic E-state index is 12.8. The maximum Gasteiger partial charge on any atom is 0.306 e. The van der Waals surface area contributed by atoms with E-state index in [4.69, 9.17) is 14.2 Å². The molecule has 0 spiro atoms. The highest BCUT2D eigenvalue weighted by molar-refractivity contribution is 5.71. The predicted molar refractivity (Wildman–Crippen MR) is 297 cm³/mol. The number of esters is 3. The number of carbonyl (C=O) groups is 3. The zero-order valence-electron chi connectivity index (χ0n) is 45.0. The molecule has 0 aliphatic heterocycles. The first kappa shape index (κ1) is 65.3. The van der Waals surface area contributed by atoms with Gasteiger partial charge in [-0.3, -0.25) is 14.4 Å². The average Bonchev–Trinajstić information content (AvgIpc) is 3.35. The minimum Gasteiger partial charge on any atom is -0.462 e. The predicted octanol–water partition coefficient (Wildman–Crippen LogP) is 19.3. The number of unbranched alkanes of at least 4 members (excludes halogenated alkanes) is 24. The Hall–Kier alpha value is -3.67. The minimum absolute atomic E-state index is 0.111. The number of carbonyl (C=O) groups excluding carboxylic acids is 3. The van der Waals surface area contributed by atoms with Crippen LogP contribution in [0.5, 0.6) is 0 Å². The van der Waals surface area contributed by atoms with Crippen LogP contribution in [0.15, 0.2) is 97.2 Å². The fraction of sp³-hybridized carbons (Fsp3) is 0.698. The topological polar surface area (TPSA) is 78.9 Å². The molecule has 0 N–H and O–H groups in total. The molecule has 6 nitrogen and oxygen atoms in total. The number of ether oxygens (including phenoxy) is 3. The second kappa shape index (κ2) is 56.9. The molecule has 0 heterocycles. The van der Waals surface area contributed by atoms with Crippen LogP contribution in [0.2, 0.25) is 0 Å². The van der Waals surface area contributed by atoms with Gasteiger partial charge in [-0.15, -0.1) is 0 Å². The van der Waals surface area contributed by atoms with Crippen molar-refractivity contribution in [3.05, 3.63) is 97.2 Å². The van der Waals surface area contributed by atoms with Gasteiger partial charge in [-0.25, -0.2) is 0 Å². The van der Waals surface area contributed by atoms with E-state index in [2.05, 4.69) is 118 Å². The number of hydrogen-bond acceptors (Lipinski definition) is 6. The molecule has 394 valence electrons. The van der Waals surface area contributed by atoms with Crippen molar-refractivity contribution in [2.75, 3.05) is 13.2 Å². The SMILES string of the molecule is CC/C=C\C/C=C\C/C=C\C/C=C\CCCCC(=O)O[C@@H](COC(=O)CCC/C=C\C/C=C\C/C=C\CCCCCCCC)COC(=O)CCCCCCCCCCC/C=C\CCCCCCCC. The number of allylic oxidation sites excluding steroid dienone is 16. The summed E-state index contributed by atoms with van der Waals surface area (Å²) in [6.45, 7) is 6.44. The zero-order chi connectivity index (χ0) is 50.0. The summed E-state index contributed by atoms with van der Waals surface area (Å²) in [5, 5.41) is 0. The Morgan fingerprint density at radius 2 is 0.580 bits per heavy atom.